The van der Waals surface area contributed by atoms with Crippen LogP contribution in [0.3, 0.4) is 0 Å². The number of aryl methyl sites for hydroxylation is 2. The van der Waals surface area contributed by atoms with Gasteiger partial charge in [-0.15, -0.1) is 0 Å². The summed E-state index contributed by atoms with van der Waals surface area (Å²) in [4.78, 5) is 4.45. The maximum Gasteiger partial charge on any atom is 0.100 e. The van der Waals surface area contributed by atoms with Crippen molar-refractivity contribution < 1.29 is 0 Å². The van der Waals surface area contributed by atoms with Crippen LogP contribution in [0, 0.1) is 13.8 Å². The van der Waals surface area contributed by atoms with Gasteiger partial charge in [0.05, 0.1) is 11.0 Å². The predicted octanol–water partition coefficient (Wildman–Crippen LogP) is 3.64. The van der Waals surface area contributed by atoms with E-state index in [9.17, 15) is 0 Å². The van der Waals surface area contributed by atoms with E-state index in [0.717, 1.165) is 16.7 Å². The van der Waals surface area contributed by atoms with Gasteiger partial charge in [0.25, 0.3) is 0 Å². The summed E-state index contributed by atoms with van der Waals surface area (Å²) in [6.45, 7) is 4.19. The van der Waals surface area contributed by atoms with Crippen molar-refractivity contribution in [2.45, 2.75) is 13.8 Å². The first-order valence-electron chi connectivity index (χ1n) is 5.75. The molecule has 2 nitrogen and oxygen atoms in total. The van der Waals surface area contributed by atoms with Crippen molar-refractivity contribution in [1.29, 1.82) is 0 Å². The molecule has 0 aliphatic heterocycles. The number of fused-ring (bicyclic) bond motifs is 1. The standard InChI is InChI=1S/C15H14N2/c1-11-4-3-5-13(8-11)17-10-16-14-9-12(2)6-7-15(14)17/h3-10H,1-2H3. The van der Waals surface area contributed by atoms with Crippen molar-refractivity contribution in [3.8, 4) is 5.69 Å². The molecule has 0 atom stereocenters. The second-order valence-electron chi connectivity index (χ2n) is 4.45. The lowest BCUT2D eigenvalue weighted by molar-refractivity contribution is 1.09. The second-order valence-corrected chi connectivity index (χ2v) is 4.45. The molecule has 2 aromatic carbocycles. The number of nitrogens with zero attached hydrogens (tertiary/aromatic N) is 2. The Hall–Kier alpha value is -2.09. The molecule has 1 heterocycles. The van der Waals surface area contributed by atoms with Crippen LogP contribution in [0.5, 0.6) is 0 Å². The van der Waals surface area contributed by atoms with Crippen molar-refractivity contribution in [1.82, 2.24) is 9.55 Å². The predicted molar refractivity (Wildman–Crippen MR) is 70.5 cm³/mol. The van der Waals surface area contributed by atoms with Gasteiger partial charge >= 0.3 is 0 Å². The highest BCUT2D eigenvalue weighted by Crippen LogP contribution is 2.19. The fraction of sp³-hybridized carbons (Fsp3) is 0.133. The van der Waals surface area contributed by atoms with Gasteiger partial charge in [-0.3, -0.25) is 4.57 Å². The van der Waals surface area contributed by atoms with Gasteiger partial charge in [-0.1, -0.05) is 18.2 Å². The molecule has 0 aliphatic rings. The molecule has 0 N–H and O–H groups in total. The smallest absolute Gasteiger partial charge is 0.100 e. The van der Waals surface area contributed by atoms with Crippen molar-refractivity contribution in [2.75, 3.05) is 0 Å². The third kappa shape index (κ3) is 1.72. The lowest BCUT2D eigenvalue weighted by Crippen LogP contribution is -1.91. The maximum atomic E-state index is 4.45. The number of imidazole rings is 1. The van der Waals surface area contributed by atoms with Gasteiger partial charge in [-0.2, -0.15) is 0 Å². The van der Waals surface area contributed by atoms with Crippen LogP contribution < -0.4 is 0 Å². The molecule has 0 saturated heterocycles. The summed E-state index contributed by atoms with van der Waals surface area (Å²) in [5, 5.41) is 0. The fourth-order valence-corrected chi connectivity index (χ4v) is 2.11. The van der Waals surface area contributed by atoms with Gasteiger partial charge in [-0.05, 0) is 49.2 Å². The van der Waals surface area contributed by atoms with E-state index in [1.165, 1.54) is 11.1 Å². The fourth-order valence-electron chi connectivity index (χ4n) is 2.11. The Morgan fingerprint density at radius 3 is 2.59 bits per heavy atom. The molecule has 0 radical (unpaired) electrons. The van der Waals surface area contributed by atoms with Crippen LogP contribution in [0.15, 0.2) is 48.8 Å². The third-order valence-electron chi connectivity index (χ3n) is 2.98. The number of rotatable bonds is 1. The number of aromatic nitrogens is 2. The summed E-state index contributed by atoms with van der Waals surface area (Å²) in [5.74, 6) is 0. The van der Waals surface area contributed by atoms with E-state index in [-0.39, 0.29) is 0 Å². The molecule has 0 spiro atoms. The Bertz CT molecular complexity index is 680. The van der Waals surface area contributed by atoms with Crippen LogP contribution in [-0.4, -0.2) is 9.55 Å². The Balaban J connectivity index is 2.24. The summed E-state index contributed by atoms with van der Waals surface area (Å²) in [6, 6.07) is 14.8. The molecule has 3 aromatic rings. The van der Waals surface area contributed by atoms with Gasteiger partial charge in [0.15, 0.2) is 0 Å². The minimum atomic E-state index is 1.05. The van der Waals surface area contributed by atoms with Crippen molar-refractivity contribution in [3.63, 3.8) is 0 Å². The van der Waals surface area contributed by atoms with E-state index in [2.05, 4.69) is 65.9 Å². The summed E-state index contributed by atoms with van der Waals surface area (Å²) < 4.78 is 2.13. The molecule has 84 valence electrons. The lowest BCUT2D eigenvalue weighted by atomic mass is 10.2. The SMILES string of the molecule is Cc1cccc(-n2cnc3cc(C)ccc32)c1. The van der Waals surface area contributed by atoms with Crippen LogP contribution in [0.1, 0.15) is 11.1 Å². The number of hydrogen-bond donors (Lipinski definition) is 0. The van der Waals surface area contributed by atoms with Gasteiger partial charge in [-0.25, -0.2) is 4.98 Å². The first-order valence-corrected chi connectivity index (χ1v) is 5.75. The highest BCUT2D eigenvalue weighted by Gasteiger charge is 2.04. The molecule has 0 saturated carbocycles. The van der Waals surface area contributed by atoms with Crippen LogP contribution in [0.25, 0.3) is 16.7 Å². The van der Waals surface area contributed by atoms with Gasteiger partial charge in [0.1, 0.15) is 6.33 Å². The zero-order valence-corrected chi connectivity index (χ0v) is 10.0. The molecule has 0 amide bonds. The molecule has 3 rings (SSSR count). The Morgan fingerprint density at radius 2 is 1.76 bits per heavy atom. The van der Waals surface area contributed by atoms with E-state index in [1.807, 2.05) is 6.33 Å². The summed E-state index contributed by atoms with van der Waals surface area (Å²) in [7, 11) is 0. The third-order valence-corrected chi connectivity index (χ3v) is 2.98. The Labute approximate surface area is 101 Å². The molecular formula is C15H14N2. The molecular weight excluding hydrogens is 208 g/mol. The Kier molecular flexibility index (Phi) is 2.22. The highest BCUT2D eigenvalue weighted by atomic mass is 15.0. The zero-order valence-electron chi connectivity index (χ0n) is 10.0. The van der Waals surface area contributed by atoms with Gasteiger partial charge in [0, 0.05) is 5.69 Å². The van der Waals surface area contributed by atoms with Crippen LogP contribution in [0.2, 0.25) is 0 Å². The average molecular weight is 222 g/mol. The molecule has 1 aromatic heterocycles. The first kappa shape index (κ1) is 10.1. The van der Waals surface area contributed by atoms with Crippen molar-refractivity contribution in [3.05, 3.63) is 59.9 Å². The summed E-state index contributed by atoms with van der Waals surface area (Å²) in [5.41, 5.74) is 5.87. The lowest BCUT2D eigenvalue weighted by Gasteiger charge is -2.05. The molecule has 0 aliphatic carbocycles. The highest BCUT2D eigenvalue weighted by molar-refractivity contribution is 5.78. The summed E-state index contributed by atoms with van der Waals surface area (Å²) >= 11 is 0. The quantitative estimate of drug-likeness (QED) is 0.614. The van der Waals surface area contributed by atoms with Crippen LogP contribution in [0.4, 0.5) is 0 Å². The van der Waals surface area contributed by atoms with Gasteiger partial charge in [0.2, 0.25) is 0 Å². The minimum Gasteiger partial charge on any atom is -0.299 e. The first-order chi connectivity index (χ1) is 8.24. The maximum absolute atomic E-state index is 4.45. The van der Waals surface area contributed by atoms with Crippen molar-refractivity contribution >= 4 is 11.0 Å². The van der Waals surface area contributed by atoms with E-state index in [0.29, 0.717) is 0 Å². The topological polar surface area (TPSA) is 17.8 Å². The van der Waals surface area contributed by atoms with E-state index >= 15 is 0 Å². The van der Waals surface area contributed by atoms with Crippen LogP contribution in [-0.2, 0) is 0 Å². The van der Waals surface area contributed by atoms with Gasteiger partial charge < -0.3 is 0 Å². The molecule has 17 heavy (non-hydrogen) atoms. The molecule has 2 heteroatoms. The Morgan fingerprint density at radius 1 is 0.941 bits per heavy atom. The minimum absolute atomic E-state index is 1.05. The van der Waals surface area contributed by atoms with Crippen LogP contribution >= 0.6 is 0 Å². The second kappa shape index (κ2) is 3.74. The normalized spacial score (nSPS) is 10.9. The molecule has 0 fully saturated rings. The van der Waals surface area contributed by atoms with Crippen molar-refractivity contribution in [2.24, 2.45) is 0 Å². The van der Waals surface area contributed by atoms with E-state index in [1.54, 1.807) is 0 Å². The largest absolute Gasteiger partial charge is 0.299 e. The van der Waals surface area contributed by atoms with E-state index in [4.69, 9.17) is 0 Å². The average Bonchev–Trinajstić information content (AvgIpc) is 2.71. The zero-order chi connectivity index (χ0) is 11.8. The monoisotopic (exact) mass is 222 g/mol. The molecule has 0 unspecified atom stereocenters. The summed E-state index contributed by atoms with van der Waals surface area (Å²) in [6.07, 6.45) is 1.89. The molecule has 0 bridgehead atoms. The van der Waals surface area contributed by atoms with E-state index < -0.39 is 0 Å². The number of benzene rings is 2. The number of hydrogen-bond acceptors (Lipinski definition) is 1.